The second kappa shape index (κ2) is 14.1. The fourth-order valence-corrected chi connectivity index (χ4v) is 1.92. The SMILES string of the molecule is NCCNCCNOC(=O)c1ccccc1C(=O)ONCCNCCN. The molecule has 1 rings (SSSR count). The van der Waals surface area contributed by atoms with Crippen molar-refractivity contribution in [3.63, 3.8) is 0 Å². The molecule has 0 saturated carbocycles. The maximum Gasteiger partial charge on any atom is 0.357 e. The van der Waals surface area contributed by atoms with Crippen LogP contribution in [0.3, 0.4) is 0 Å². The monoisotopic (exact) mass is 368 g/mol. The van der Waals surface area contributed by atoms with Crippen LogP contribution < -0.4 is 33.1 Å². The van der Waals surface area contributed by atoms with Crippen molar-refractivity contribution in [3.8, 4) is 0 Å². The minimum atomic E-state index is -0.666. The summed E-state index contributed by atoms with van der Waals surface area (Å²) in [5.74, 6) is -1.33. The summed E-state index contributed by atoms with van der Waals surface area (Å²) in [6.45, 7) is 4.44. The summed E-state index contributed by atoms with van der Waals surface area (Å²) in [7, 11) is 0. The Morgan fingerprint density at radius 3 is 1.54 bits per heavy atom. The van der Waals surface area contributed by atoms with E-state index in [9.17, 15) is 9.59 Å². The van der Waals surface area contributed by atoms with Crippen LogP contribution >= 0.6 is 0 Å². The van der Waals surface area contributed by atoms with Crippen LogP contribution in [0.5, 0.6) is 0 Å². The van der Waals surface area contributed by atoms with Gasteiger partial charge in [-0.25, -0.2) is 9.59 Å². The molecule has 0 spiro atoms. The van der Waals surface area contributed by atoms with Crippen molar-refractivity contribution in [2.45, 2.75) is 0 Å². The van der Waals surface area contributed by atoms with E-state index in [2.05, 4.69) is 21.6 Å². The number of carbonyl (C=O) groups is 2. The zero-order chi connectivity index (χ0) is 19.0. The Kier molecular flexibility index (Phi) is 11.9. The number of benzene rings is 1. The van der Waals surface area contributed by atoms with Crippen molar-refractivity contribution in [1.29, 1.82) is 0 Å². The van der Waals surface area contributed by atoms with E-state index in [-0.39, 0.29) is 11.1 Å². The molecule has 0 unspecified atom stereocenters. The van der Waals surface area contributed by atoms with E-state index in [1.807, 2.05) is 0 Å². The lowest BCUT2D eigenvalue weighted by molar-refractivity contribution is 0.0209. The molecule has 0 atom stereocenters. The lowest BCUT2D eigenvalue weighted by Gasteiger charge is -2.10. The molecule has 0 radical (unpaired) electrons. The van der Waals surface area contributed by atoms with Gasteiger partial charge in [0.05, 0.1) is 11.1 Å². The van der Waals surface area contributed by atoms with Gasteiger partial charge in [0.2, 0.25) is 0 Å². The highest BCUT2D eigenvalue weighted by Crippen LogP contribution is 2.11. The molecule has 0 amide bonds. The maximum absolute atomic E-state index is 12.1. The average Bonchev–Trinajstić information content (AvgIpc) is 2.67. The van der Waals surface area contributed by atoms with E-state index >= 15 is 0 Å². The summed E-state index contributed by atoms with van der Waals surface area (Å²) < 4.78 is 0. The Labute approximate surface area is 152 Å². The first-order valence-electron chi connectivity index (χ1n) is 8.49. The van der Waals surface area contributed by atoms with Gasteiger partial charge in [0, 0.05) is 52.4 Å². The summed E-state index contributed by atoms with van der Waals surface area (Å²) in [6, 6.07) is 6.27. The zero-order valence-electron chi connectivity index (χ0n) is 14.8. The molecular formula is C16H28N6O4. The van der Waals surface area contributed by atoms with Crippen LogP contribution in [0, 0.1) is 0 Å². The third kappa shape index (κ3) is 8.85. The van der Waals surface area contributed by atoms with E-state index in [1.54, 1.807) is 12.1 Å². The smallest absolute Gasteiger partial charge is 0.357 e. The summed E-state index contributed by atoms with van der Waals surface area (Å²) >= 11 is 0. The first kappa shape index (κ1) is 22.0. The highest BCUT2D eigenvalue weighted by Gasteiger charge is 2.19. The largest absolute Gasteiger partial charge is 0.367 e. The maximum atomic E-state index is 12.1. The van der Waals surface area contributed by atoms with E-state index in [1.165, 1.54) is 12.1 Å². The summed E-state index contributed by atoms with van der Waals surface area (Å²) in [4.78, 5) is 34.2. The number of carbonyl (C=O) groups excluding carboxylic acids is 2. The molecule has 0 aliphatic rings. The normalized spacial score (nSPS) is 10.5. The molecule has 0 saturated heterocycles. The average molecular weight is 368 g/mol. The molecule has 0 fully saturated rings. The number of rotatable bonds is 14. The van der Waals surface area contributed by atoms with Gasteiger partial charge >= 0.3 is 11.9 Å². The van der Waals surface area contributed by atoms with Crippen molar-refractivity contribution in [2.75, 3.05) is 52.4 Å². The molecule has 26 heavy (non-hydrogen) atoms. The fraction of sp³-hybridized carbons (Fsp3) is 0.500. The minimum Gasteiger partial charge on any atom is -0.367 e. The highest BCUT2D eigenvalue weighted by molar-refractivity contribution is 6.02. The van der Waals surface area contributed by atoms with Gasteiger partial charge in [-0.05, 0) is 12.1 Å². The van der Waals surface area contributed by atoms with Crippen molar-refractivity contribution in [1.82, 2.24) is 21.6 Å². The molecule has 1 aromatic carbocycles. The molecule has 0 aliphatic carbocycles. The molecule has 10 heteroatoms. The van der Waals surface area contributed by atoms with Gasteiger partial charge < -0.3 is 31.8 Å². The molecule has 1 aromatic rings. The first-order chi connectivity index (χ1) is 12.7. The standard InChI is InChI=1S/C16H28N6O4/c17-5-7-19-9-11-21-25-15(23)13-3-1-2-4-14(13)16(24)26-22-12-10-20-8-6-18/h1-4,19-22H,5-12,17-18H2. The topological polar surface area (TPSA) is 153 Å². The van der Waals surface area contributed by atoms with Crippen molar-refractivity contribution in [2.24, 2.45) is 11.5 Å². The highest BCUT2D eigenvalue weighted by atomic mass is 16.7. The Morgan fingerprint density at radius 2 is 1.15 bits per heavy atom. The van der Waals surface area contributed by atoms with Crippen molar-refractivity contribution in [3.05, 3.63) is 35.4 Å². The van der Waals surface area contributed by atoms with Crippen LogP contribution in [-0.4, -0.2) is 64.3 Å². The third-order valence-corrected chi connectivity index (χ3v) is 3.15. The molecule has 10 nitrogen and oxygen atoms in total. The molecule has 0 aliphatic heterocycles. The second-order valence-electron chi connectivity index (χ2n) is 5.19. The van der Waals surface area contributed by atoms with Crippen LogP contribution in [0.2, 0.25) is 0 Å². The van der Waals surface area contributed by atoms with Gasteiger partial charge in [-0.3, -0.25) is 0 Å². The van der Waals surface area contributed by atoms with Crippen molar-refractivity contribution >= 4 is 11.9 Å². The summed E-state index contributed by atoms with van der Waals surface area (Å²) in [5.41, 5.74) is 16.0. The van der Waals surface area contributed by atoms with Crippen LogP contribution in [0.1, 0.15) is 20.7 Å². The predicted octanol–water partition coefficient (Wildman–Crippen LogP) is -1.89. The molecule has 0 aromatic heterocycles. The first-order valence-corrected chi connectivity index (χ1v) is 8.49. The Morgan fingerprint density at radius 1 is 0.731 bits per heavy atom. The van der Waals surface area contributed by atoms with Gasteiger partial charge in [0.15, 0.2) is 0 Å². The Bertz CT molecular complexity index is 496. The molecule has 0 bridgehead atoms. The van der Waals surface area contributed by atoms with Gasteiger partial charge in [0.1, 0.15) is 0 Å². The van der Waals surface area contributed by atoms with Crippen LogP contribution in [0.25, 0.3) is 0 Å². The molecule has 146 valence electrons. The van der Waals surface area contributed by atoms with Crippen molar-refractivity contribution < 1.29 is 19.3 Å². The number of nitrogens with one attached hydrogen (secondary N) is 4. The van der Waals surface area contributed by atoms with E-state index in [0.717, 1.165) is 0 Å². The third-order valence-electron chi connectivity index (χ3n) is 3.15. The van der Waals surface area contributed by atoms with E-state index in [4.69, 9.17) is 21.1 Å². The lowest BCUT2D eigenvalue weighted by Crippen LogP contribution is -2.33. The molecular weight excluding hydrogens is 340 g/mol. The van der Waals surface area contributed by atoms with Gasteiger partial charge in [-0.2, -0.15) is 11.0 Å². The quantitative estimate of drug-likeness (QED) is 0.162. The number of hydroxylamine groups is 2. The van der Waals surface area contributed by atoms with Gasteiger partial charge in [0.25, 0.3) is 0 Å². The molecule has 0 heterocycles. The number of hydrogen-bond donors (Lipinski definition) is 6. The van der Waals surface area contributed by atoms with E-state index in [0.29, 0.717) is 52.4 Å². The summed E-state index contributed by atoms with van der Waals surface area (Å²) in [6.07, 6.45) is 0. The fourth-order valence-electron chi connectivity index (χ4n) is 1.92. The van der Waals surface area contributed by atoms with Crippen LogP contribution in [0.4, 0.5) is 0 Å². The Balaban J connectivity index is 2.42. The molecule has 8 N–H and O–H groups in total. The predicted molar refractivity (Wildman–Crippen MR) is 97.1 cm³/mol. The lowest BCUT2D eigenvalue weighted by atomic mass is 10.1. The van der Waals surface area contributed by atoms with E-state index < -0.39 is 11.9 Å². The van der Waals surface area contributed by atoms with Crippen LogP contribution in [-0.2, 0) is 9.68 Å². The summed E-state index contributed by atoms with van der Waals surface area (Å²) in [5, 5.41) is 6.09. The number of hydrogen-bond acceptors (Lipinski definition) is 10. The van der Waals surface area contributed by atoms with Crippen LogP contribution in [0.15, 0.2) is 24.3 Å². The number of nitrogens with two attached hydrogens (primary N) is 2. The minimum absolute atomic E-state index is 0.114. The zero-order valence-corrected chi connectivity index (χ0v) is 14.8. The van der Waals surface area contributed by atoms with Gasteiger partial charge in [-0.15, -0.1) is 0 Å². The van der Waals surface area contributed by atoms with Gasteiger partial charge in [-0.1, -0.05) is 12.1 Å². The second-order valence-corrected chi connectivity index (χ2v) is 5.19. The Hall–Kier alpha value is -2.08.